The van der Waals surface area contributed by atoms with Crippen LogP contribution < -0.4 is 14.9 Å². The fourth-order valence-corrected chi connectivity index (χ4v) is 6.69. The molecule has 0 aliphatic heterocycles. The van der Waals surface area contributed by atoms with E-state index in [4.69, 9.17) is 0 Å². The highest BCUT2D eigenvalue weighted by Crippen LogP contribution is 2.44. The van der Waals surface area contributed by atoms with Crippen LogP contribution >= 0.6 is 0 Å². The van der Waals surface area contributed by atoms with Crippen LogP contribution in [0.2, 0.25) is 0 Å². The average molecular weight is 684 g/mol. The Kier molecular flexibility index (Phi) is 10.6. The number of rotatable bonds is 13. The van der Waals surface area contributed by atoms with E-state index >= 15 is 0 Å². The molecule has 10 nitrogen and oxygen atoms in total. The van der Waals surface area contributed by atoms with Crippen LogP contribution in [0.3, 0.4) is 0 Å². The van der Waals surface area contributed by atoms with Crippen LogP contribution in [0.25, 0.3) is 0 Å². The number of azo groups is 1. The molecule has 0 aliphatic rings. The van der Waals surface area contributed by atoms with E-state index in [-0.39, 0.29) is 4.90 Å². The number of anilines is 3. The first-order valence-corrected chi connectivity index (χ1v) is 17.5. The molecule has 0 radical (unpaired) electrons. The Morgan fingerprint density at radius 3 is 1.90 bits per heavy atom. The van der Waals surface area contributed by atoms with Gasteiger partial charge in [0.05, 0.1) is 40.0 Å². The van der Waals surface area contributed by atoms with Gasteiger partial charge in [0.1, 0.15) is 5.82 Å². The molecule has 0 fully saturated rings. The molecule has 3 unspecified atom stereocenters. The number of nitrogens with one attached hydrogen (secondary N) is 2. The number of aromatic nitrogens is 2. The van der Waals surface area contributed by atoms with Crippen molar-refractivity contribution in [2.45, 2.75) is 23.0 Å². The summed E-state index contributed by atoms with van der Waals surface area (Å²) >= 11 is 0. The summed E-state index contributed by atoms with van der Waals surface area (Å²) in [6, 6.07) is 40.7. The van der Waals surface area contributed by atoms with Gasteiger partial charge in [-0.3, -0.25) is 9.71 Å². The number of hydrogen-bond donors (Lipinski definition) is 3. The number of aliphatic hydroxyl groups excluding tert-OH is 1. The second kappa shape index (κ2) is 15.5. The van der Waals surface area contributed by atoms with Gasteiger partial charge in [-0.15, -0.1) is 0 Å². The lowest BCUT2D eigenvalue weighted by Crippen LogP contribution is -2.27. The molecular formula is C39H37N7O3S. The van der Waals surface area contributed by atoms with Gasteiger partial charge in [0.2, 0.25) is 0 Å². The van der Waals surface area contributed by atoms with Gasteiger partial charge in [-0.1, -0.05) is 60.7 Å². The molecule has 3 atom stereocenters. The summed E-state index contributed by atoms with van der Waals surface area (Å²) < 4.78 is 30.5. The Hall–Kier alpha value is -5.91. The van der Waals surface area contributed by atoms with Crippen molar-refractivity contribution < 1.29 is 13.5 Å². The highest BCUT2D eigenvalue weighted by Gasteiger charge is 2.35. The first-order chi connectivity index (χ1) is 24.3. The Bertz CT molecular complexity index is 2120. The third kappa shape index (κ3) is 8.20. The third-order valence-electron chi connectivity index (χ3n) is 8.17. The van der Waals surface area contributed by atoms with Crippen molar-refractivity contribution in [1.82, 2.24) is 9.97 Å². The van der Waals surface area contributed by atoms with Gasteiger partial charge in [0, 0.05) is 37.9 Å². The standard InChI is InChI=1S/C39H37N7O3S/c1-46(2)31-22-18-29(19-23-31)43-44-30-20-24-32(25-21-30)50(48,49)45-34-15-7-6-14-33(34)38(42-36-17-9-11-27-41-36)37(35-16-8-10-26-40-35)39(47)28-12-4-3-5-13-28/h3-27,37-39,45,47H,1-2H3,(H,41,42). The van der Waals surface area contributed by atoms with Crippen LogP contribution in [-0.2, 0) is 10.0 Å². The average Bonchev–Trinajstić information content (AvgIpc) is 3.15. The number of benzene rings is 4. The molecule has 4 aromatic carbocycles. The van der Waals surface area contributed by atoms with E-state index in [0.29, 0.717) is 39.7 Å². The summed E-state index contributed by atoms with van der Waals surface area (Å²) in [7, 11) is -0.121. The minimum atomic E-state index is -4.05. The van der Waals surface area contributed by atoms with Gasteiger partial charge in [0.15, 0.2) is 0 Å². The van der Waals surface area contributed by atoms with Crippen molar-refractivity contribution in [3.8, 4) is 0 Å². The quantitative estimate of drug-likeness (QED) is 0.104. The molecule has 0 aliphatic carbocycles. The van der Waals surface area contributed by atoms with Gasteiger partial charge < -0.3 is 15.3 Å². The summed E-state index contributed by atoms with van der Waals surface area (Å²) in [5, 5.41) is 24.0. The van der Waals surface area contributed by atoms with Crippen LogP contribution in [0.1, 0.15) is 34.9 Å². The van der Waals surface area contributed by atoms with Gasteiger partial charge in [-0.2, -0.15) is 10.2 Å². The van der Waals surface area contributed by atoms with E-state index in [1.54, 1.807) is 36.7 Å². The van der Waals surface area contributed by atoms with Gasteiger partial charge in [0.25, 0.3) is 10.0 Å². The molecule has 6 aromatic rings. The van der Waals surface area contributed by atoms with Crippen LogP contribution in [0.4, 0.5) is 28.6 Å². The van der Waals surface area contributed by atoms with Crippen molar-refractivity contribution in [2.75, 3.05) is 29.0 Å². The number of hydrogen-bond acceptors (Lipinski definition) is 9. The SMILES string of the molecule is CN(C)c1ccc(N=Nc2ccc(S(=O)(=O)Nc3ccccc3C(Nc3ccccn3)C(c3ccccn3)C(O)c3ccccc3)cc2)cc1. The number of aliphatic hydroxyl groups is 1. The normalized spacial score (nSPS) is 13.3. The summed E-state index contributed by atoms with van der Waals surface area (Å²) in [5.74, 6) is -0.107. The van der Waals surface area contributed by atoms with Crippen molar-refractivity contribution in [3.05, 3.63) is 169 Å². The molecule has 2 aromatic heterocycles. The number of pyridine rings is 2. The molecule has 6 rings (SSSR count). The van der Waals surface area contributed by atoms with Crippen LogP contribution in [0, 0.1) is 0 Å². The lowest BCUT2D eigenvalue weighted by molar-refractivity contribution is 0.133. The molecule has 0 spiro atoms. The molecule has 50 heavy (non-hydrogen) atoms. The van der Waals surface area contributed by atoms with E-state index in [0.717, 1.165) is 5.69 Å². The molecular weight excluding hydrogens is 647 g/mol. The fraction of sp³-hybridized carbons (Fsp3) is 0.128. The first kappa shape index (κ1) is 34.0. The number of sulfonamides is 1. The number of nitrogens with zero attached hydrogens (tertiary/aromatic N) is 5. The van der Waals surface area contributed by atoms with Crippen molar-refractivity contribution in [1.29, 1.82) is 0 Å². The summed E-state index contributed by atoms with van der Waals surface area (Å²) in [6.07, 6.45) is 2.34. The minimum absolute atomic E-state index is 0.0569. The van der Waals surface area contributed by atoms with E-state index < -0.39 is 28.1 Å². The van der Waals surface area contributed by atoms with Gasteiger partial charge in [-0.05, 0) is 90.0 Å². The molecule has 0 amide bonds. The van der Waals surface area contributed by atoms with Crippen molar-refractivity contribution >= 4 is 38.6 Å². The van der Waals surface area contributed by atoms with E-state index in [1.165, 1.54) is 12.1 Å². The molecule has 11 heteroatoms. The molecule has 0 saturated carbocycles. The lowest BCUT2D eigenvalue weighted by Gasteiger charge is -2.33. The van der Waals surface area contributed by atoms with E-state index in [2.05, 4.69) is 30.2 Å². The topological polar surface area (TPSA) is 132 Å². The lowest BCUT2D eigenvalue weighted by atomic mass is 9.82. The van der Waals surface area contributed by atoms with Gasteiger partial charge in [-0.25, -0.2) is 13.4 Å². The largest absolute Gasteiger partial charge is 0.388 e. The Balaban J connectivity index is 1.33. The van der Waals surface area contributed by atoms with E-state index in [9.17, 15) is 13.5 Å². The van der Waals surface area contributed by atoms with Crippen LogP contribution in [0.5, 0.6) is 0 Å². The smallest absolute Gasteiger partial charge is 0.261 e. The summed E-state index contributed by atoms with van der Waals surface area (Å²) in [5.41, 5.74) is 4.48. The second-order valence-electron chi connectivity index (χ2n) is 11.8. The predicted molar refractivity (Wildman–Crippen MR) is 198 cm³/mol. The Morgan fingerprint density at radius 2 is 1.28 bits per heavy atom. The molecule has 2 heterocycles. The maximum atomic E-state index is 13.8. The number of para-hydroxylation sites is 1. The van der Waals surface area contributed by atoms with Crippen LogP contribution in [0.15, 0.2) is 167 Å². The van der Waals surface area contributed by atoms with Crippen molar-refractivity contribution in [2.24, 2.45) is 10.2 Å². The van der Waals surface area contributed by atoms with Gasteiger partial charge >= 0.3 is 0 Å². The fourth-order valence-electron chi connectivity index (χ4n) is 5.60. The zero-order valence-electron chi connectivity index (χ0n) is 27.6. The molecule has 0 saturated heterocycles. The minimum Gasteiger partial charge on any atom is -0.388 e. The maximum absolute atomic E-state index is 13.8. The van der Waals surface area contributed by atoms with E-state index in [1.807, 2.05) is 122 Å². The first-order valence-electron chi connectivity index (χ1n) is 16.0. The Morgan fingerprint density at radius 1 is 0.680 bits per heavy atom. The zero-order chi connectivity index (χ0) is 34.9. The third-order valence-corrected chi connectivity index (χ3v) is 9.55. The maximum Gasteiger partial charge on any atom is 0.261 e. The monoisotopic (exact) mass is 683 g/mol. The predicted octanol–water partition coefficient (Wildman–Crippen LogP) is 8.43. The molecule has 3 N–H and O–H groups in total. The summed E-state index contributed by atoms with van der Waals surface area (Å²) in [4.78, 5) is 11.2. The highest BCUT2D eigenvalue weighted by atomic mass is 32.2. The summed E-state index contributed by atoms with van der Waals surface area (Å²) in [6.45, 7) is 0. The zero-order valence-corrected chi connectivity index (χ0v) is 28.4. The highest BCUT2D eigenvalue weighted by molar-refractivity contribution is 7.92. The van der Waals surface area contributed by atoms with Crippen molar-refractivity contribution in [3.63, 3.8) is 0 Å². The second-order valence-corrected chi connectivity index (χ2v) is 13.5. The molecule has 252 valence electrons. The van der Waals surface area contributed by atoms with Crippen LogP contribution in [-0.4, -0.2) is 37.6 Å². The molecule has 0 bridgehead atoms. The Labute approximate surface area is 292 Å².